The summed E-state index contributed by atoms with van der Waals surface area (Å²) in [6, 6.07) is 41.8. The lowest BCUT2D eigenvalue weighted by Crippen LogP contribution is -2.51. The summed E-state index contributed by atoms with van der Waals surface area (Å²) < 4.78 is 9.08. The molecule has 6 aromatic carbocycles. The highest BCUT2D eigenvalue weighted by molar-refractivity contribution is 6.36. The van der Waals surface area contributed by atoms with Crippen molar-refractivity contribution in [3.63, 3.8) is 0 Å². The van der Waals surface area contributed by atoms with E-state index in [1.54, 1.807) is 54.7 Å². The molecule has 0 unspecified atom stereocenters. The first-order valence-electron chi connectivity index (χ1n) is 41.4. The summed E-state index contributed by atoms with van der Waals surface area (Å²) in [5.41, 5.74) is 7.35. The van der Waals surface area contributed by atoms with Crippen LogP contribution in [0.15, 0.2) is 166 Å². The molecule has 0 radical (unpaired) electrons. The van der Waals surface area contributed by atoms with Crippen molar-refractivity contribution in [1.29, 1.82) is 0 Å². The van der Waals surface area contributed by atoms with Crippen molar-refractivity contribution in [2.75, 3.05) is 97.9 Å². The molecule has 26 heteroatoms. The number of carbonyl (C=O) groups is 4. The Kier molecular flexibility index (Phi) is 24.4. The van der Waals surface area contributed by atoms with Crippen LogP contribution in [0.25, 0.3) is 66.2 Å². The van der Waals surface area contributed by atoms with Gasteiger partial charge in [-0.2, -0.15) is 0 Å². The van der Waals surface area contributed by atoms with Crippen LogP contribution >= 0.6 is 23.2 Å². The van der Waals surface area contributed by atoms with E-state index in [-0.39, 0.29) is 99.7 Å². The lowest BCUT2D eigenvalue weighted by Gasteiger charge is -2.39. The van der Waals surface area contributed by atoms with E-state index in [1.807, 2.05) is 96.7 Å². The third-order valence-electron chi connectivity index (χ3n) is 24.0. The molecule has 5 fully saturated rings. The molecule has 3 aliphatic heterocycles. The number of piperidine rings is 2. The van der Waals surface area contributed by atoms with E-state index in [2.05, 4.69) is 58.2 Å². The van der Waals surface area contributed by atoms with Crippen LogP contribution in [0.4, 0.5) is 5.69 Å². The maximum absolute atomic E-state index is 15.2. The zero-order chi connectivity index (χ0) is 80.9. The molecule has 2 atom stereocenters. The fourth-order valence-corrected chi connectivity index (χ4v) is 17.4. The number of anilines is 1. The largest absolute Gasteiger partial charge is 0.440 e. The summed E-state index contributed by atoms with van der Waals surface area (Å²) in [5.74, 6) is 0.323. The number of nitrogens with one attached hydrogen (secondary N) is 4. The van der Waals surface area contributed by atoms with Crippen LogP contribution in [-0.2, 0) is 42.1 Å². The number of hydrogen-bond donors (Lipinski definition) is 6. The van der Waals surface area contributed by atoms with Crippen molar-refractivity contribution in [1.82, 2.24) is 69.6 Å². The van der Waals surface area contributed by atoms with Crippen LogP contribution in [0.3, 0.4) is 0 Å². The monoisotopic (exact) mass is 1620 g/mol. The maximum Gasteiger partial charge on any atom is 0.261 e. The number of likely N-dealkylation sites (tertiary alicyclic amines) is 2. The number of benzene rings is 6. The molecule has 5 aromatic heterocycles. The second-order valence-corrected chi connectivity index (χ2v) is 34.0. The molecule has 24 nitrogen and oxygen atoms in total. The molecular weight excluding hydrogens is 1520 g/mol. The van der Waals surface area contributed by atoms with Gasteiger partial charge in [-0.1, -0.05) is 83.9 Å². The SMILES string of the molecule is CN(C)CCCNc1ccc2c(=O)n(CC3(O)CCN(C(=O)[C@H](CCCNC(=O)c4ccc5c(Cl)cc(C6CC6)nc5c4)Cc4cccc(-c5cccc(C[C@@H](CCCNC(=O)c6ccc7c(Cl)cc(C8CC8)nc7c6)C(=O)N6CCC(O)(Cn7cnc8cc(-c9ncc(CN%10CCNCC%10)o9)ccc8c7=O)CC6)c5)c4)CC3)cnc2c1. The molecule has 11 aromatic rings. The lowest BCUT2D eigenvalue weighted by molar-refractivity contribution is -0.141. The summed E-state index contributed by atoms with van der Waals surface area (Å²) in [7, 11) is 4.08. The Morgan fingerprint density at radius 1 is 0.556 bits per heavy atom. The molecule has 8 heterocycles. The number of nitrogens with zero attached hydrogens (tertiary/aromatic N) is 11. The summed E-state index contributed by atoms with van der Waals surface area (Å²) in [6.45, 7) is 7.76. The van der Waals surface area contributed by atoms with Crippen molar-refractivity contribution in [3.05, 3.63) is 222 Å². The standard InChI is InChI=1S/C91H101Cl2N15O9/c1-103(2)35-7-32-95-69-21-25-74-80(49-69)100-57-108(89(74)114)55-91(116)28-38-106(39-29-91)87(112)68(13-6-31-97-84(110)65-19-23-72-76(93)51-78(61-16-17-61)102-82(72)47-65)45-59-9-4-11-63(43-59)62-10-3-8-58(42-62)44-67(12-5-30-96-83(109)64-18-22-71-75(92)50-77(60-14-15-60)101-81(71)46-64)86(111)105-36-26-90(115,27-37-105)54-107-56-99-79-48-66(20-24-73(79)88(107)113)85-98-52-70(117-85)53-104-40-33-94-34-41-104/h3-4,8-11,18-25,42-43,46-52,56-57,60-61,67-68,94-95,115-116H,5-7,12-17,26-41,44-45,53-55H2,1-2H3,(H,96,109)(H,97,110)/t67-,68-/m1/s1. The normalized spacial score (nSPS) is 16.9. The topological polar surface area (TPSA) is 291 Å². The highest BCUT2D eigenvalue weighted by atomic mass is 35.5. The molecule has 6 N–H and O–H groups in total. The van der Waals surface area contributed by atoms with E-state index >= 15 is 9.59 Å². The highest BCUT2D eigenvalue weighted by Gasteiger charge is 2.39. The van der Waals surface area contributed by atoms with Crippen LogP contribution in [0.5, 0.6) is 0 Å². The number of oxazole rings is 1. The molecular formula is C91H101Cl2N15O9. The summed E-state index contributed by atoms with van der Waals surface area (Å²) in [6.07, 6.45) is 13.5. The first kappa shape index (κ1) is 80.5. The van der Waals surface area contributed by atoms with E-state index in [9.17, 15) is 29.4 Å². The number of amides is 4. The zero-order valence-corrected chi connectivity index (χ0v) is 67.9. The van der Waals surface area contributed by atoms with Gasteiger partial charge in [0, 0.05) is 140 Å². The second kappa shape index (κ2) is 35.5. The van der Waals surface area contributed by atoms with Crippen LogP contribution < -0.4 is 32.4 Å². The minimum atomic E-state index is -1.31. The van der Waals surface area contributed by atoms with Crippen molar-refractivity contribution >= 4 is 96.1 Å². The first-order valence-corrected chi connectivity index (χ1v) is 42.2. The third-order valence-corrected chi connectivity index (χ3v) is 24.7. The molecule has 16 rings (SSSR count). The fraction of sp³-hybridized carbons (Fsp3) is 0.418. The van der Waals surface area contributed by atoms with Crippen molar-refractivity contribution < 1.29 is 33.8 Å². The maximum atomic E-state index is 15.2. The summed E-state index contributed by atoms with van der Waals surface area (Å²) in [5, 5.41) is 41.1. The van der Waals surface area contributed by atoms with Gasteiger partial charge in [-0.25, -0.2) is 15.0 Å². The smallest absolute Gasteiger partial charge is 0.261 e. The Balaban J connectivity index is 0.599. The molecule has 608 valence electrons. The number of aliphatic hydroxyl groups is 2. The van der Waals surface area contributed by atoms with Crippen LogP contribution in [0.2, 0.25) is 10.0 Å². The highest BCUT2D eigenvalue weighted by Crippen LogP contribution is 2.43. The van der Waals surface area contributed by atoms with Crippen molar-refractivity contribution in [3.8, 4) is 22.6 Å². The van der Waals surface area contributed by atoms with Crippen LogP contribution in [0, 0.1) is 11.8 Å². The van der Waals surface area contributed by atoms with Gasteiger partial charge in [-0.15, -0.1) is 0 Å². The average Bonchev–Trinajstić information content (AvgIpc) is 1.40. The fourth-order valence-electron chi connectivity index (χ4n) is 16.9. The summed E-state index contributed by atoms with van der Waals surface area (Å²) >= 11 is 13.4. The van der Waals surface area contributed by atoms with Gasteiger partial charge in [0.15, 0.2) is 0 Å². The molecule has 4 amide bonds. The van der Waals surface area contributed by atoms with Crippen molar-refractivity contribution in [2.45, 2.75) is 139 Å². The molecule has 2 aliphatic carbocycles. The number of piperazine rings is 1. The van der Waals surface area contributed by atoms with Gasteiger partial charge in [-0.05, 0) is 212 Å². The average molecular weight is 1620 g/mol. The minimum Gasteiger partial charge on any atom is -0.440 e. The Morgan fingerprint density at radius 2 is 1.05 bits per heavy atom. The number of hydrogen-bond acceptors (Lipinski definition) is 18. The van der Waals surface area contributed by atoms with Crippen molar-refractivity contribution in [2.24, 2.45) is 11.8 Å². The number of aromatic nitrogens is 7. The molecule has 0 bridgehead atoms. The Morgan fingerprint density at radius 3 is 1.56 bits per heavy atom. The third kappa shape index (κ3) is 19.5. The Hall–Kier alpha value is -10.3. The quantitative estimate of drug-likeness (QED) is 0.0220. The predicted molar refractivity (Wildman–Crippen MR) is 456 cm³/mol. The van der Waals surface area contributed by atoms with E-state index in [4.69, 9.17) is 37.6 Å². The van der Waals surface area contributed by atoms with E-state index in [1.165, 1.54) is 21.8 Å². The Labute approximate surface area is 689 Å². The first-order chi connectivity index (χ1) is 56.7. The van der Waals surface area contributed by atoms with E-state index in [0.29, 0.717) is 135 Å². The van der Waals surface area contributed by atoms with E-state index in [0.717, 1.165) is 127 Å². The van der Waals surface area contributed by atoms with Gasteiger partial charge in [-0.3, -0.25) is 52.8 Å². The van der Waals surface area contributed by atoms with Gasteiger partial charge >= 0.3 is 0 Å². The molecule has 3 saturated heterocycles. The number of rotatable bonds is 31. The lowest BCUT2D eigenvalue weighted by atomic mass is 9.87. The number of halogens is 2. The van der Waals surface area contributed by atoms with E-state index < -0.39 is 23.0 Å². The van der Waals surface area contributed by atoms with Gasteiger partial charge in [0.2, 0.25) is 17.7 Å². The molecule has 117 heavy (non-hydrogen) atoms. The molecule has 5 aliphatic rings. The summed E-state index contributed by atoms with van der Waals surface area (Å²) in [4.78, 5) is 118. The number of fused-ring (bicyclic) bond motifs is 4. The second-order valence-electron chi connectivity index (χ2n) is 33.2. The number of pyridine rings is 2. The minimum absolute atomic E-state index is 0.00837. The molecule has 0 spiro atoms. The van der Waals surface area contributed by atoms with Crippen LogP contribution in [-0.4, -0.2) is 191 Å². The van der Waals surface area contributed by atoms with Gasteiger partial charge < -0.3 is 50.6 Å². The zero-order valence-electron chi connectivity index (χ0n) is 66.4. The van der Waals surface area contributed by atoms with Crippen LogP contribution in [0.1, 0.15) is 144 Å². The predicted octanol–water partition coefficient (Wildman–Crippen LogP) is 12.2. The number of carbonyl (C=O) groups excluding carboxylic acids is 4. The van der Waals surface area contributed by atoms with Gasteiger partial charge in [0.25, 0.3) is 22.9 Å². The molecule has 2 saturated carbocycles. The Bertz CT molecular complexity index is 5640. The van der Waals surface area contributed by atoms with Gasteiger partial charge in [0.05, 0.1) is 92.6 Å². The van der Waals surface area contributed by atoms with Gasteiger partial charge in [0.1, 0.15) is 5.76 Å².